The standard InChI is InChI=1S/C26H21N3O3S2/c30-24-11-8-19-14-22(15-20-12-13-29(24)25(19)20)34(31,32)28-21-9-6-17(7-10-21)23-16-33-26(27-23)18-4-2-1-3-5-18/h1-7,9-10,14-16,28H,8,11-13H2. The van der Waals surface area contributed by atoms with Crippen LogP contribution in [0.1, 0.15) is 17.5 Å². The largest absolute Gasteiger partial charge is 0.312 e. The number of thiazole rings is 1. The first-order valence-corrected chi connectivity index (χ1v) is 13.4. The summed E-state index contributed by atoms with van der Waals surface area (Å²) >= 11 is 1.58. The fourth-order valence-electron chi connectivity index (χ4n) is 4.62. The molecule has 3 heterocycles. The molecule has 2 aliphatic rings. The van der Waals surface area contributed by atoms with Crippen LogP contribution in [-0.2, 0) is 27.7 Å². The number of amides is 1. The molecule has 4 aromatic rings. The average Bonchev–Trinajstić information content (AvgIpc) is 3.51. The lowest BCUT2D eigenvalue weighted by molar-refractivity contribution is -0.118. The highest BCUT2D eigenvalue weighted by atomic mass is 32.2. The predicted octanol–water partition coefficient (Wildman–Crippen LogP) is 5.11. The second kappa shape index (κ2) is 8.07. The van der Waals surface area contributed by atoms with Gasteiger partial charge in [-0.15, -0.1) is 11.3 Å². The van der Waals surface area contributed by atoms with E-state index in [-0.39, 0.29) is 10.8 Å². The van der Waals surface area contributed by atoms with E-state index in [0.717, 1.165) is 38.6 Å². The van der Waals surface area contributed by atoms with E-state index in [2.05, 4.69) is 4.72 Å². The molecule has 1 amide bonds. The van der Waals surface area contributed by atoms with Gasteiger partial charge in [0.25, 0.3) is 10.0 Å². The molecule has 0 radical (unpaired) electrons. The number of aryl methyl sites for hydroxylation is 1. The minimum Gasteiger partial charge on any atom is -0.312 e. The number of carbonyl (C=O) groups is 1. The summed E-state index contributed by atoms with van der Waals surface area (Å²) in [6.45, 7) is 0.627. The van der Waals surface area contributed by atoms with E-state index in [9.17, 15) is 13.2 Å². The molecule has 0 spiro atoms. The fourth-order valence-corrected chi connectivity index (χ4v) is 6.62. The molecule has 3 aromatic carbocycles. The van der Waals surface area contributed by atoms with Crippen molar-refractivity contribution in [1.29, 1.82) is 0 Å². The smallest absolute Gasteiger partial charge is 0.261 e. The van der Waals surface area contributed by atoms with Gasteiger partial charge in [0.1, 0.15) is 5.01 Å². The third-order valence-corrected chi connectivity index (χ3v) is 8.55. The number of rotatable bonds is 5. The van der Waals surface area contributed by atoms with E-state index in [1.807, 2.05) is 47.8 Å². The van der Waals surface area contributed by atoms with E-state index >= 15 is 0 Å². The molecular formula is C26H21N3O3S2. The monoisotopic (exact) mass is 487 g/mol. The molecule has 0 bridgehead atoms. The molecule has 0 fully saturated rings. The quantitative estimate of drug-likeness (QED) is 0.424. The number of sulfonamides is 1. The van der Waals surface area contributed by atoms with E-state index in [1.165, 1.54) is 0 Å². The highest BCUT2D eigenvalue weighted by Gasteiger charge is 2.33. The number of aromatic nitrogens is 1. The first-order valence-electron chi connectivity index (χ1n) is 11.1. The first kappa shape index (κ1) is 21.1. The van der Waals surface area contributed by atoms with Gasteiger partial charge in [0.15, 0.2) is 0 Å². The Hall–Kier alpha value is -3.49. The number of hydrogen-bond acceptors (Lipinski definition) is 5. The minimum atomic E-state index is -3.75. The summed E-state index contributed by atoms with van der Waals surface area (Å²) in [5.74, 6) is 0.121. The zero-order chi connectivity index (χ0) is 23.3. The molecule has 170 valence electrons. The maximum atomic E-state index is 13.1. The molecule has 6 rings (SSSR count). The molecule has 0 saturated carbocycles. The minimum absolute atomic E-state index is 0.121. The average molecular weight is 488 g/mol. The second-order valence-corrected chi connectivity index (χ2v) is 11.0. The van der Waals surface area contributed by atoms with Crippen molar-refractivity contribution in [3.63, 3.8) is 0 Å². The summed E-state index contributed by atoms with van der Waals surface area (Å²) in [6, 6.07) is 20.7. The van der Waals surface area contributed by atoms with Crippen LogP contribution in [0.4, 0.5) is 11.4 Å². The van der Waals surface area contributed by atoms with Crippen molar-refractivity contribution in [2.45, 2.75) is 24.2 Å². The van der Waals surface area contributed by atoms with Gasteiger partial charge in [-0.2, -0.15) is 0 Å². The third-order valence-electron chi connectivity index (χ3n) is 6.29. The summed E-state index contributed by atoms with van der Waals surface area (Å²) < 4.78 is 29.0. The van der Waals surface area contributed by atoms with Gasteiger partial charge in [-0.1, -0.05) is 42.5 Å². The van der Waals surface area contributed by atoms with Gasteiger partial charge in [-0.3, -0.25) is 9.52 Å². The Balaban J connectivity index is 1.23. The maximum Gasteiger partial charge on any atom is 0.261 e. The number of hydrogen-bond donors (Lipinski definition) is 1. The number of nitrogens with zero attached hydrogens (tertiary/aromatic N) is 2. The van der Waals surface area contributed by atoms with Crippen LogP contribution in [0.15, 0.2) is 77.0 Å². The van der Waals surface area contributed by atoms with Gasteiger partial charge in [-0.25, -0.2) is 13.4 Å². The van der Waals surface area contributed by atoms with Gasteiger partial charge in [0.05, 0.1) is 16.3 Å². The predicted molar refractivity (Wildman–Crippen MR) is 135 cm³/mol. The molecule has 0 saturated heterocycles. The Kier molecular flexibility index (Phi) is 5.00. The molecule has 6 nitrogen and oxygen atoms in total. The highest BCUT2D eigenvalue weighted by molar-refractivity contribution is 7.92. The van der Waals surface area contributed by atoms with Crippen molar-refractivity contribution >= 4 is 38.6 Å². The maximum absolute atomic E-state index is 13.1. The van der Waals surface area contributed by atoms with Crippen molar-refractivity contribution < 1.29 is 13.2 Å². The second-order valence-electron chi connectivity index (χ2n) is 8.47. The van der Waals surface area contributed by atoms with E-state index in [1.54, 1.807) is 40.5 Å². The SMILES string of the molecule is O=C1CCc2cc(S(=O)(=O)Nc3ccc(-c4csc(-c5ccccc5)n4)cc3)cc3c2N1CC3. The van der Waals surface area contributed by atoms with Crippen LogP contribution >= 0.6 is 11.3 Å². The van der Waals surface area contributed by atoms with Crippen LogP contribution in [0, 0.1) is 0 Å². The Morgan fingerprint density at radius 1 is 0.882 bits per heavy atom. The number of carbonyl (C=O) groups excluding carboxylic acids is 1. The summed E-state index contributed by atoms with van der Waals surface area (Å²) in [5, 5.41) is 2.95. The number of nitrogens with one attached hydrogen (secondary N) is 1. The van der Waals surface area contributed by atoms with Gasteiger partial charge in [0.2, 0.25) is 5.91 Å². The molecule has 1 N–H and O–H groups in total. The van der Waals surface area contributed by atoms with Gasteiger partial charge >= 0.3 is 0 Å². The highest BCUT2D eigenvalue weighted by Crippen LogP contribution is 2.38. The van der Waals surface area contributed by atoms with Crippen LogP contribution in [0.3, 0.4) is 0 Å². The van der Waals surface area contributed by atoms with Gasteiger partial charge < -0.3 is 4.90 Å². The Morgan fingerprint density at radius 2 is 1.62 bits per heavy atom. The molecule has 0 unspecified atom stereocenters. The molecule has 34 heavy (non-hydrogen) atoms. The molecule has 8 heteroatoms. The van der Waals surface area contributed by atoms with E-state index < -0.39 is 10.0 Å². The number of benzene rings is 3. The molecule has 2 aliphatic heterocycles. The topological polar surface area (TPSA) is 79.4 Å². The Morgan fingerprint density at radius 3 is 2.38 bits per heavy atom. The van der Waals surface area contributed by atoms with Crippen LogP contribution in [0.25, 0.3) is 21.8 Å². The van der Waals surface area contributed by atoms with Crippen molar-refractivity contribution in [3.05, 3.63) is 83.2 Å². The molecule has 0 atom stereocenters. The lowest BCUT2D eigenvalue weighted by atomic mass is 10.00. The van der Waals surface area contributed by atoms with Gasteiger partial charge in [-0.05, 0) is 48.2 Å². The summed E-state index contributed by atoms with van der Waals surface area (Å²) in [7, 11) is -3.75. The summed E-state index contributed by atoms with van der Waals surface area (Å²) in [5.41, 5.74) is 6.13. The van der Waals surface area contributed by atoms with Crippen LogP contribution in [0.2, 0.25) is 0 Å². The Bertz CT molecular complexity index is 1510. The van der Waals surface area contributed by atoms with Crippen molar-refractivity contribution in [3.8, 4) is 21.8 Å². The lowest BCUT2D eigenvalue weighted by Gasteiger charge is -2.25. The molecule has 0 aliphatic carbocycles. The van der Waals surface area contributed by atoms with Crippen LogP contribution in [0.5, 0.6) is 0 Å². The van der Waals surface area contributed by atoms with Crippen molar-refractivity contribution in [2.24, 2.45) is 0 Å². The van der Waals surface area contributed by atoms with Crippen LogP contribution in [-0.4, -0.2) is 25.9 Å². The van der Waals surface area contributed by atoms with Crippen molar-refractivity contribution in [1.82, 2.24) is 4.98 Å². The van der Waals surface area contributed by atoms with E-state index in [0.29, 0.717) is 31.5 Å². The normalized spacial score (nSPS) is 14.8. The molecule has 1 aromatic heterocycles. The summed E-state index contributed by atoms with van der Waals surface area (Å²) in [6.07, 6.45) is 1.69. The van der Waals surface area contributed by atoms with Gasteiger partial charge in [0, 0.05) is 35.2 Å². The third kappa shape index (κ3) is 3.69. The zero-order valence-corrected chi connectivity index (χ0v) is 19.8. The molecular weight excluding hydrogens is 466 g/mol. The summed E-state index contributed by atoms with van der Waals surface area (Å²) in [4.78, 5) is 18.9. The van der Waals surface area contributed by atoms with Crippen LogP contribution < -0.4 is 9.62 Å². The first-order chi connectivity index (χ1) is 16.5. The Labute approximate surface area is 202 Å². The fraction of sp³-hybridized carbons (Fsp3) is 0.154. The van der Waals surface area contributed by atoms with Crippen molar-refractivity contribution in [2.75, 3.05) is 16.2 Å². The van der Waals surface area contributed by atoms with E-state index in [4.69, 9.17) is 4.98 Å². The zero-order valence-electron chi connectivity index (χ0n) is 18.2. The lowest BCUT2D eigenvalue weighted by Crippen LogP contribution is -2.33. The number of anilines is 2.